The number of hydrazone groups is 1. The van der Waals surface area contributed by atoms with Gasteiger partial charge in [-0.2, -0.15) is 5.10 Å². The quantitative estimate of drug-likeness (QED) is 0.687. The highest BCUT2D eigenvalue weighted by Gasteiger charge is 2.17. The number of hydrogen-bond acceptors (Lipinski definition) is 5. The Balaban J connectivity index is 2.28. The number of benzene rings is 1. The van der Waals surface area contributed by atoms with Crippen molar-refractivity contribution in [2.75, 3.05) is 23.7 Å². The summed E-state index contributed by atoms with van der Waals surface area (Å²) in [7, 11) is 0. The first kappa shape index (κ1) is 15.0. The lowest BCUT2D eigenvalue weighted by Crippen LogP contribution is -2.34. The average molecular weight is 289 g/mol. The summed E-state index contributed by atoms with van der Waals surface area (Å²) >= 11 is 0. The summed E-state index contributed by atoms with van der Waals surface area (Å²) in [6.45, 7) is 2.25. The standard InChI is InChI=1S/C14H19N5O2/c1-9(20)19(7-6-15)13-4-2-10(8-11(13)16)12-3-5-14(21)18-17-12/h2,4,8H,3,5-7,15-16H2,1H3,(H,18,21). The largest absolute Gasteiger partial charge is 0.397 e. The smallest absolute Gasteiger partial charge is 0.240 e. The van der Waals surface area contributed by atoms with E-state index in [2.05, 4.69) is 10.5 Å². The van der Waals surface area contributed by atoms with Crippen LogP contribution in [0.2, 0.25) is 0 Å². The lowest BCUT2D eigenvalue weighted by molar-refractivity contribution is -0.121. The Hall–Kier alpha value is -2.41. The molecule has 0 aliphatic carbocycles. The lowest BCUT2D eigenvalue weighted by atomic mass is 10.0. The molecule has 0 fully saturated rings. The summed E-state index contributed by atoms with van der Waals surface area (Å²) < 4.78 is 0. The first-order chi connectivity index (χ1) is 10.0. The van der Waals surface area contributed by atoms with E-state index >= 15 is 0 Å². The number of anilines is 2. The van der Waals surface area contributed by atoms with E-state index in [1.54, 1.807) is 17.0 Å². The number of nitrogens with one attached hydrogen (secondary N) is 1. The number of nitrogens with zero attached hydrogens (tertiary/aromatic N) is 2. The summed E-state index contributed by atoms with van der Waals surface area (Å²) in [5.74, 6) is -0.198. The van der Waals surface area contributed by atoms with Gasteiger partial charge >= 0.3 is 0 Å². The predicted octanol–water partition coefficient (Wildman–Crippen LogP) is 0.195. The molecule has 7 nitrogen and oxygen atoms in total. The zero-order valence-corrected chi connectivity index (χ0v) is 11.9. The maximum Gasteiger partial charge on any atom is 0.240 e. The van der Waals surface area contributed by atoms with Crippen molar-refractivity contribution in [2.24, 2.45) is 10.8 Å². The van der Waals surface area contributed by atoms with E-state index in [0.29, 0.717) is 37.3 Å². The van der Waals surface area contributed by atoms with Crippen molar-refractivity contribution >= 4 is 28.9 Å². The Kier molecular flexibility index (Phi) is 4.54. The van der Waals surface area contributed by atoms with Crippen LogP contribution in [-0.2, 0) is 9.59 Å². The maximum atomic E-state index is 11.7. The Bertz CT molecular complexity index is 597. The van der Waals surface area contributed by atoms with Crippen molar-refractivity contribution < 1.29 is 9.59 Å². The number of amides is 2. The number of carbonyl (C=O) groups is 2. The van der Waals surface area contributed by atoms with Crippen LogP contribution in [-0.4, -0.2) is 30.6 Å². The SMILES string of the molecule is CC(=O)N(CCN)c1ccc(C2=NNC(=O)CC2)cc1N. The highest BCUT2D eigenvalue weighted by atomic mass is 16.2. The normalized spacial score (nSPS) is 14.4. The molecule has 0 atom stereocenters. The van der Waals surface area contributed by atoms with Crippen molar-refractivity contribution in [3.8, 4) is 0 Å². The molecule has 0 saturated carbocycles. The Morgan fingerprint density at radius 3 is 2.71 bits per heavy atom. The van der Waals surface area contributed by atoms with Crippen molar-refractivity contribution in [1.82, 2.24) is 5.43 Å². The molecule has 7 heteroatoms. The topological polar surface area (TPSA) is 114 Å². The highest BCUT2D eigenvalue weighted by molar-refractivity contribution is 6.05. The van der Waals surface area contributed by atoms with E-state index in [9.17, 15) is 9.59 Å². The summed E-state index contributed by atoms with van der Waals surface area (Å²) in [5, 5.41) is 4.03. The average Bonchev–Trinajstić information content (AvgIpc) is 2.46. The molecule has 0 spiro atoms. The Morgan fingerprint density at radius 2 is 2.19 bits per heavy atom. The molecule has 1 aliphatic rings. The number of hydrogen-bond donors (Lipinski definition) is 3. The summed E-state index contributed by atoms with van der Waals surface area (Å²) in [4.78, 5) is 24.3. The molecule has 0 radical (unpaired) electrons. The molecule has 1 aromatic carbocycles. The molecule has 5 N–H and O–H groups in total. The van der Waals surface area contributed by atoms with Crippen LogP contribution in [0.5, 0.6) is 0 Å². The van der Waals surface area contributed by atoms with E-state index in [1.807, 2.05) is 6.07 Å². The summed E-state index contributed by atoms with van der Waals surface area (Å²) in [6, 6.07) is 5.38. The molecule has 112 valence electrons. The van der Waals surface area contributed by atoms with Crippen LogP contribution in [0.15, 0.2) is 23.3 Å². The molecule has 0 bridgehead atoms. The minimum Gasteiger partial charge on any atom is -0.397 e. The van der Waals surface area contributed by atoms with E-state index in [-0.39, 0.29) is 11.8 Å². The van der Waals surface area contributed by atoms with E-state index in [0.717, 1.165) is 11.3 Å². The minimum atomic E-state index is -0.109. The van der Waals surface area contributed by atoms with Gasteiger partial charge in [0.15, 0.2) is 0 Å². The summed E-state index contributed by atoms with van der Waals surface area (Å²) in [5.41, 5.74) is 16.8. The van der Waals surface area contributed by atoms with Gasteiger partial charge in [0, 0.05) is 32.9 Å². The van der Waals surface area contributed by atoms with Crippen LogP contribution in [0.1, 0.15) is 25.3 Å². The zero-order chi connectivity index (χ0) is 15.4. The second kappa shape index (κ2) is 6.36. The fraction of sp³-hybridized carbons (Fsp3) is 0.357. The van der Waals surface area contributed by atoms with E-state index in [1.165, 1.54) is 6.92 Å². The number of rotatable bonds is 4. The third kappa shape index (κ3) is 3.38. The second-order valence-corrected chi connectivity index (χ2v) is 4.83. The number of nitrogens with two attached hydrogens (primary N) is 2. The van der Waals surface area contributed by atoms with E-state index in [4.69, 9.17) is 11.5 Å². The van der Waals surface area contributed by atoms with Gasteiger partial charge in [0.2, 0.25) is 11.8 Å². The zero-order valence-electron chi connectivity index (χ0n) is 11.9. The molecule has 0 unspecified atom stereocenters. The Labute approximate surface area is 123 Å². The van der Waals surface area contributed by atoms with Crippen LogP contribution in [0.3, 0.4) is 0 Å². The van der Waals surface area contributed by atoms with Gasteiger partial charge < -0.3 is 16.4 Å². The van der Waals surface area contributed by atoms with Gasteiger partial charge in [-0.15, -0.1) is 0 Å². The van der Waals surface area contributed by atoms with Crippen LogP contribution >= 0.6 is 0 Å². The summed E-state index contributed by atoms with van der Waals surface area (Å²) in [6.07, 6.45) is 0.983. The van der Waals surface area contributed by atoms with Gasteiger partial charge in [-0.05, 0) is 17.7 Å². The third-order valence-electron chi connectivity index (χ3n) is 3.29. The first-order valence-electron chi connectivity index (χ1n) is 6.76. The van der Waals surface area contributed by atoms with Crippen molar-refractivity contribution in [1.29, 1.82) is 0 Å². The van der Waals surface area contributed by atoms with Crippen LogP contribution < -0.4 is 21.8 Å². The van der Waals surface area contributed by atoms with Gasteiger partial charge in [0.1, 0.15) is 0 Å². The lowest BCUT2D eigenvalue weighted by Gasteiger charge is -2.23. The molecule has 21 heavy (non-hydrogen) atoms. The van der Waals surface area contributed by atoms with Gasteiger partial charge in [-0.25, -0.2) is 5.43 Å². The highest BCUT2D eigenvalue weighted by Crippen LogP contribution is 2.25. The fourth-order valence-corrected chi connectivity index (χ4v) is 2.24. The monoisotopic (exact) mass is 289 g/mol. The molecule has 1 aliphatic heterocycles. The molecule has 2 rings (SSSR count). The van der Waals surface area contributed by atoms with Gasteiger partial charge in [0.05, 0.1) is 17.1 Å². The molecule has 2 amide bonds. The van der Waals surface area contributed by atoms with Gasteiger partial charge in [-0.1, -0.05) is 6.07 Å². The Morgan fingerprint density at radius 1 is 1.43 bits per heavy atom. The molecular formula is C14H19N5O2. The molecular weight excluding hydrogens is 270 g/mol. The minimum absolute atomic E-state index is 0.0888. The number of carbonyl (C=O) groups excluding carboxylic acids is 2. The third-order valence-corrected chi connectivity index (χ3v) is 3.29. The van der Waals surface area contributed by atoms with Crippen molar-refractivity contribution in [2.45, 2.75) is 19.8 Å². The van der Waals surface area contributed by atoms with Crippen LogP contribution in [0.25, 0.3) is 0 Å². The molecule has 1 heterocycles. The number of nitrogen functional groups attached to an aromatic ring is 1. The van der Waals surface area contributed by atoms with E-state index < -0.39 is 0 Å². The molecule has 1 aromatic rings. The van der Waals surface area contributed by atoms with Gasteiger partial charge in [-0.3, -0.25) is 9.59 Å². The van der Waals surface area contributed by atoms with Gasteiger partial charge in [0.25, 0.3) is 0 Å². The molecule has 0 saturated heterocycles. The predicted molar refractivity (Wildman–Crippen MR) is 81.8 cm³/mol. The first-order valence-corrected chi connectivity index (χ1v) is 6.76. The maximum absolute atomic E-state index is 11.7. The van der Waals surface area contributed by atoms with Crippen molar-refractivity contribution in [3.05, 3.63) is 23.8 Å². The second-order valence-electron chi connectivity index (χ2n) is 4.83. The van der Waals surface area contributed by atoms with Crippen molar-refractivity contribution in [3.63, 3.8) is 0 Å². The van der Waals surface area contributed by atoms with Crippen LogP contribution in [0.4, 0.5) is 11.4 Å². The van der Waals surface area contributed by atoms with Crippen LogP contribution in [0, 0.1) is 0 Å². The fourth-order valence-electron chi connectivity index (χ4n) is 2.24. The molecule has 0 aromatic heterocycles.